The van der Waals surface area contributed by atoms with E-state index in [1.807, 2.05) is 25.1 Å². The Morgan fingerprint density at radius 1 is 1.00 bits per heavy atom. The van der Waals surface area contributed by atoms with E-state index in [0.29, 0.717) is 23.4 Å². The number of benzene rings is 3. The minimum absolute atomic E-state index is 0.0472. The Morgan fingerprint density at radius 2 is 1.64 bits per heavy atom. The third-order valence-corrected chi connectivity index (χ3v) is 7.14. The van der Waals surface area contributed by atoms with Crippen LogP contribution in [-0.4, -0.2) is 26.3 Å². The van der Waals surface area contributed by atoms with Crippen LogP contribution in [0.15, 0.2) is 77.7 Å². The molecule has 8 heteroatoms. The average molecular weight is 465 g/mol. The van der Waals surface area contributed by atoms with Crippen LogP contribution in [0.25, 0.3) is 0 Å². The third kappa shape index (κ3) is 4.53. The molecule has 1 heterocycles. The molecule has 2 N–H and O–H groups in total. The highest BCUT2D eigenvalue weighted by Crippen LogP contribution is 2.31. The number of amides is 2. The van der Waals surface area contributed by atoms with Crippen LogP contribution in [0.5, 0.6) is 0 Å². The first-order valence-electron chi connectivity index (χ1n) is 10.5. The summed E-state index contributed by atoms with van der Waals surface area (Å²) >= 11 is 0. The second-order valence-electron chi connectivity index (χ2n) is 8.12. The maximum Gasteiger partial charge on any atom is 0.297 e. The number of hydrogen-bond donors (Lipinski definition) is 1. The van der Waals surface area contributed by atoms with Crippen molar-refractivity contribution in [3.05, 3.63) is 95.1 Å². The second-order valence-corrected chi connectivity index (χ2v) is 9.69. The predicted octanol–water partition coefficient (Wildman–Crippen LogP) is 3.52. The first-order valence-corrected chi connectivity index (χ1v) is 11.9. The van der Waals surface area contributed by atoms with Gasteiger partial charge in [0.05, 0.1) is 11.4 Å². The molecule has 0 aromatic heterocycles. The van der Waals surface area contributed by atoms with E-state index in [-0.39, 0.29) is 10.8 Å². The fourth-order valence-corrected chi connectivity index (χ4v) is 4.98. The maximum atomic E-state index is 12.7. The monoisotopic (exact) mass is 464 g/mol. The zero-order valence-electron chi connectivity index (χ0n) is 18.3. The lowest BCUT2D eigenvalue weighted by atomic mass is 9.95. The van der Waals surface area contributed by atoms with E-state index in [4.69, 9.17) is 9.92 Å². The molecule has 170 valence electrons. The fourth-order valence-electron chi connectivity index (χ4n) is 3.87. The summed E-state index contributed by atoms with van der Waals surface area (Å²) in [5.41, 5.74) is 9.40. The van der Waals surface area contributed by atoms with Gasteiger partial charge in [-0.3, -0.25) is 13.8 Å². The molecule has 1 aliphatic rings. The van der Waals surface area contributed by atoms with Gasteiger partial charge in [-0.2, -0.15) is 8.42 Å². The molecule has 4 rings (SSSR count). The van der Waals surface area contributed by atoms with Crippen molar-refractivity contribution < 1.29 is 22.2 Å². The summed E-state index contributed by atoms with van der Waals surface area (Å²) in [6.07, 6.45) is -1.39. The Morgan fingerprint density at radius 3 is 2.24 bits per heavy atom. The van der Waals surface area contributed by atoms with Crippen molar-refractivity contribution in [3.63, 3.8) is 0 Å². The highest BCUT2D eigenvalue weighted by molar-refractivity contribution is 7.86. The van der Waals surface area contributed by atoms with Crippen molar-refractivity contribution in [2.75, 3.05) is 4.90 Å². The van der Waals surface area contributed by atoms with Gasteiger partial charge in [0, 0.05) is 17.2 Å². The number of rotatable bonds is 7. The van der Waals surface area contributed by atoms with Crippen molar-refractivity contribution in [3.8, 4) is 0 Å². The first-order chi connectivity index (χ1) is 15.7. The molecule has 0 aliphatic carbocycles. The van der Waals surface area contributed by atoms with Crippen LogP contribution in [0.2, 0.25) is 0 Å². The van der Waals surface area contributed by atoms with Gasteiger partial charge in [-0.15, -0.1) is 0 Å². The molecule has 0 saturated heterocycles. The third-order valence-electron chi connectivity index (χ3n) is 5.83. The van der Waals surface area contributed by atoms with Crippen LogP contribution < -0.4 is 10.6 Å². The number of primary amides is 1. The molecule has 3 aromatic carbocycles. The predicted molar refractivity (Wildman–Crippen MR) is 124 cm³/mol. The van der Waals surface area contributed by atoms with Crippen molar-refractivity contribution in [1.29, 1.82) is 0 Å². The van der Waals surface area contributed by atoms with Crippen LogP contribution in [0, 0.1) is 6.92 Å². The van der Waals surface area contributed by atoms with Crippen LogP contribution in [-0.2, 0) is 25.6 Å². The van der Waals surface area contributed by atoms with Crippen molar-refractivity contribution >= 4 is 27.6 Å². The van der Waals surface area contributed by atoms with Gasteiger partial charge in [0.2, 0.25) is 5.91 Å². The standard InChI is InChI=1S/C25H24N2O5S/c1-16-7-13-21(14-8-16)33(30,31)32-23(24(26)28)17(2)18-9-11-20(12-10-18)27-15-19-5-3-4-6-22(19)25(27)29/h3-14,17,23H,15H2,1-2H3,(H2,26,28). The lowest BCUT2D eigenvalue weighted by Crippen LogP contribution is -2.37. The van der Waals surface area contributed by atoms with Gasteiger partial charge < -0.3 is 10.6 Å². The van der Waals surface area contributed by atoms with Gasteiger partial charge >= 0.3 is 0 Å². The van der Waals surface area contributed by atoms with Gasteiger partial charge in [-0.1, -0.05) is 55.0 Å². The van der Waals surface area contributed by atoms with E-state index < -0.39 is 28.0 Å². The summed E-state index contributed by atoms with van der Waals surface area (Å²) in [5, 5.41) is 0. The minimum Gasteiger partial charge on any atom is -0.367 e. The average Bonchev–Trinajstić information content (AvgIpc) is 3.14. The number of carbonyl (C=O) groups excluding carboxylic acids is 2. The lowest BCUT2D eigenvalue weighted by Gasteiger charge is -2.22. The van der Waals surface area contributed by atoms with E-state index in [1.54, 1.807) is 54.3 Å². The number of nitrogens with zero attached hydrogens (tertiary/aromatic N) is 1. The Hall–Kier alpha value is -3.49. The van der Waals surface area contributed by atoms with Gasteiger partial charge in [-0.05, 0) is 48.4 Å². The largest absolute Gasteiger partial charge is 0.367 e. The zero-order chi connectivity index (χ0) is 23.8. The quantitative estimate of drug-likeness (QED) is 0.539. The molecule has 7 nitrogen and oxygen atoms in total. The highest BCUT2D eigenvalue weighted by atomic mass is 32.2. The molecule has 2 amide bonds. The lowest BCUT2D eigenvalue weighted by molar-refractivity contribution is -0.125. The molecule has 0 spiro atoms. The van der Waals surface area contributed by atoms with Gasteiger partial charge in [0.25, 0.3) is 16.0 Å². The molecule has 2 unspecified atom stereocenters. The number of fused-ring (bicyclic) bond motifs is 1. The van der Waals surface area contributed by atoms with Crippen LogP contribution in [0.1, 0.15) is 39.9 Å². The molecule has 2 atom stereocenters. The summed E-state index contributed by atoms with van der Waals surface area (Å²) in [6.45, 7) is 3.99. The molecular formula is C25H24N2O5S. The highest BCUT2D eigenvalue weighted by Gasteiger charge is 2.32. The number of hydrogen-bond acceptors (Lipinski definition) is 5. The fraction of sp³-hybridized carbons (Fsp3) is 0.200. The maximum absolute atomic E-state index is 12.7. The number of aryl methyl sites for hydroxylation is 1. The molecule has 3 aromatic rings. The van der Waals surface area contributed by atoms with Crippen molar-refractivity contribution in [2.24, 2.45) is 5.73 Å². The van der Waals surface area contributed by atoms with Gasteiger partial charge in [-0.25, -0.2) is 0 Å². The molecule has 0 saturated carbocycles. The Balaban J connectivity index is 1.53. The zero-order valence-corrected chi connectivity index (χ0v) is 19.1. The van der Waals surface area contributed by atoms with E-state index >= 15 is 0 Å². The smallest absolute Gasteiger partial charge is 0.297 e. The van der Waals surface area contributed by atoms with Crippen LogP contribution >= 0.6 is 0 Å². The van der Waals surface area contributed by atoms with E-state index in [2.05, 4.69) is 0 Å². The minimum atomic E-state index is -4.19. The van der Waals surface area contributed by atoms with E-state index in [0.717, 1.165) is 11.1 Å². The summed E-state index contributed by atoms with van der Waals surface area (Å²) < 4.78 is 30.6. The molecule has 33 heavy (non-hydrogen) atoms. The Bertz CT molecular complexity index is 1300. The summed E-state index contributed by atoms with van der Waals surface area (Å²) in [5.74, 6) is -1.59. The normalized spacial score (nSPS) is 15.2. The number of carbonyl (C=O) groups is 2. The van der Waals surface area contributed by atoms with Gasteiger partial charge in [0.1, 0.15) is 0 Å². The second kappa shape index (κ2) is 8.80. The van der Waals surface area contributed by atoms with Gasteiger partial charge in [0.15, 0.2) is 6.10 Å². The van der Waals surface area contributed by atoms with E-state index in [1.165, 1.54) is 12.1 Å². The molecule has 1 aliphatic heterocycles. The molecule has 0 radical (unpaired) electrons. The van der Waals surface area contributed by atoms with E-state index in [9.17, 15) is 18.0 Å². The summed E-state index contributed by atoms with van der Waals surface area (Å²) in [6, 6.07) is 20.6. The van der Waals surface area contributed by atoms with Crippen molar-refractivity contribution in [2.45, 2.75) is 37.3 Å². The molecule has 0 bridgehead atoms. The van der Waals surface area contributed by atoms with Crippen molar-refractivity contribution in [1.82, 2.24) is 0 Å². The number of anilines is 1. The van der Waals surface area contributed by atoms with Crippen LogP contribution in [0.3, 0.4) is 0 Å². The Kier molecular flexibility index (Phi) is 6.05. The first kappa shape index (κ1) is 22.7. The topological polar surface area (TPSA) is 107 Å². The summed E-state index contributed by atoms with van der Waals surface area (Å²) in [4.78, 5) is 26.4. The Labute approximate surface area is 192 Å². The number of nitrogens with two attached hydrogens (primary N) is 1. The van der Waals surface area contributed by atoms with Crippen LogP contribution in [0.4, 0.5) is 5.69 Å². The SMILES string of the molecule is Cc1ccc(S(=O)(=O)OC(C(N)=O)C(C)c2ccc(N3Cc4ccccc4C3=O)cc2)cc1. The summed E-state index contributed by atoms with van der Waals surface area (Å²) in [7, 11) is -4.19. The molecular weight excluding hydrogens is 440 g/mol. The molecule has 0 fully saturated rings.